The number of aliphatic hydroxyl groups is 1. The van der Waals surface area contributed by atoms with Gasteiger partial charge in [0.2, 0.25) is 0 Å². The maximum atomic E-state index is 12.1. The molecular weight excluding hydrogens is 324 g/mol. The van der Waals surface area contributed by atoms with E-state index in [1.807, 2.05) is 6.92 Å². The second-order valence-corrected chi connectivity index (χ2v) is 7.43. The normalized spacial score (nSPS) is 42.4. The zero-order valence-electron chi connectivity index (χ0n) is 14.8. The highest BCUT2D eigenvalue weighted by Crippen LogP contribution is 2.47. The van der Waals surface area contributed by atoms with E-state index in [4.69, 9.17) is 14.2 Å². The van der Waals surface area contributed by atoms with Crippen molar-refractivity contribution in [2.75, 3.05) is 0 Å². The zero-order valence-corrected chi connectivity index (χ0v) is 14.8. The van der Waals surface area contributed by atoms with E-state index < -0.39 is 41.8 Å². The Morgan fingerprint density at radius 2 is 2.16 bits per heavy atom. The van der Waals surface area contributed by atoms with Crippen LogP contribution >= 0.6 is 0 Å². The summed E-state index contributed by atoms with van der Waals surface area (Å²) in [5.74, 6) is -1.55. The molecule has 6 unspecified atom stereocenters. The van der Waals surface area contributed by atoms with Crippen molar-refractivity contribution in [3.63, 3.8) is 0 Å². The molecule has 0 saturated carbocycles. The van der Waals surface area contributed by atoms with Gasteiger partial charge in [-0.25, -0.2) is 9.59 Å². The third kappa shape index (κ3) is 3.28. The van der Waals surface area contributed by atoms with Crippen molar-refractivity contribution in [2.24, 2.45) is 5.92 Å². The van der Waals surface area contributed by atoms with Crippen molar-refractivity contribution in [1.29, 1.82) is 0 Å². The number of fused-ring (bicyclic) bond motifs is 2. The fraction of sp³-hybridized carbons (Fsp3) is 0.579. The second-order valence-electron chi connectivity index (χ2n) is 7.43. The van der Waals surface area contributed by atoms with Gasteiger partial charge in [0.05, 0.1) is 23.7 Å². The molecular formula is C19H24O6. The van der Waals surface area contributed by atoms with E-state index in [1.54, 1.807) is 19.9 Å². The van der Waals surface area contributed by atoms with Crippen LogP contribution in [-0.2, 0) is 23.8 Å². The van der Waals surface area contributed by atoms with Crippen LogP contribution in [0.15, 0.2) is 36.0 Å². The molecule has 0 radical (unpaired) electrons. The van der Waals surface area contributed by atoms with Gasteiger partial charge in [0.15, 0.2) is 0 Å². The quantitative estimate of drug-likeness (QED) is 0.355. The average Bonchev–Trinajstić information content (AvgIpc) is 3.04. The molecule has 136 valence electrons. The zero-order chi connectivity index (χ0) is 18.5. The molecule has 6 heteroatoms. The van der Waals surface area contributed by atoms with Crippen LogP contribution in [-0.4, -0.2) is 47.1 Å². The number of hydrogen-bond donors (Lipinski definition) is 1. The summed E-state index contributed by atoms with van der Waals surface area (Å²) in [6, 6.07) is 0. The minimum atomic E-state index is -0.672. The molecule has 3 rings (SSSR count). The molecule has 3 aliphatic rings. The number of carbonyl (C=O) groups is 2. The van der Waals surface area contributed by atoms with E-state index >= 15 is 0 Å². The lowest BCUT2D eigenvalue weighted by molar-refractivity contribution is -0.148. The smallest absolute Gasteiger partial charge is 0.334 e. The summed E-state index contributed by atoms with van der Waals surface area (Å²) in [7, 11) is 0. The number of ether oxygens (including phenoxy) is 3. The molecule has 2 aliphatic heterocycles. The molecule has 25 heavy (non-hydrogen) atoms. The van der Waals surface area contributed by atoms with Gasteiger partial charge < -0.3 is 19.3 Å². The Balaban J connectivity index is 1.98. The largest absolute Gasteiger partial charge is 0.458 e. The Bertz CT molecular complexity index is 677. The molecule has 0 aromatic rings. The molecule has 0 aromatic heterocycles. The topological polar surface area (TPSA) is 85.4 Å². The Morgan fingerprint density at radius 3 is 2.80 bits per heavy atom. The summed E-state index contributed by atoms with van der Waals surface area (Å²) >= 11 is 0. The van der Waals surface area contributed by atoms with E-state index in [0.717, 1.165) is 0 Å². The van der Waals surface area contributed by atoms with Gasteiger partial charge in [-0.2, -0.15) is 0 Å². The van der Waals surface area contributed by atoms with Crippen molar-refractivity contribution >= 4 is 11.9 Å². The molecule has 2 fully saturated rings. The van der Waals surface area contributed by atoms with Crippen LogP contribution < -0.4 is 0 Å². The fourth-order valence-electron chi connectivity index (χ4n) is 3.59. The van der Waals surface area contributed by atoms with Crippen molar-refractivity contribution < 1.29 is 28.9 Å². The van der Waals surface area contributed by atoms with Gasteiger partial charge in [-0.15, -0.1) is 0 Å². The summed E-state index contributed by atoms with van der Waals surface area (Å²) in [6.07, 6.45) is 0.519. The number of aliphatic hydroxyl groups excluding tert-OH is 1. The first kappa shape index (κ1) is 17.9. The molecule has 6 nitrogen and oxygen atoms in total. The molecule has 2 heterocycles. The maximum Gasteiger partial charge on any atom is 0.334 e. The highest BCUT2D eigenvalue weighted by Gasteiger charge is 2.57. The first-order valence-corrected chi connectivity index (χ1v) is 8.43. The predicted molar refractivity (Wildman–Crippen MR) is 89.5 cm³/mol. The molecule has 6 atom stereocenters. The fourth-order valence-corrected chi connectivity index (χ4v) is 3.59. The lowest BCUT2D eigenvalue weighted by atomic mass is 9.82. The SMILES string of the molecule is C=C(C)C(=O)OC1CC2(C)OC2CC(O)/C(C)=C\C2OC(=O)C(=C)C21. The van der Waals surface area contributed by atoms with E-state index in [1.165, 1.54) is 0 Å². The molecule has 2 saturated heterocycles. The van der Waals surface area contributed by atoms with Gasteiger partial charge in [0, 0.05) is 24.0 Å². The lowest BCUT2D eigenvalue weighted by Gasteiger charge is -2.29. The third-order valence-electron chi connectivity index (χ3n) is 5.30. The lowest BCUT2D eigenvalue weighted by Crippen LogP contribution is -2.37. The van der Waals surface area contributed by atoms with E-state index in [2.05, 4.69) is 13.2 Å². The summed E-state index contributed by atoms with van der Waals surface area (Å²) in [5.41, 5.74) is 0.728. The first-order chi connectivity index (χ1) is 11.6. The van der Waals surface area contributed by atoms with Crippen LogP contribution in [0.4, 0.5) is 0 Å². The summed E-state index contributed by atoms with van der Waals surface area (Å²) < 4.78 is 16.8. The molecule has 0 aromatic carbocycles. The van der Waals surface area contributed by atoms with E-state index in [0.29, 0.717) is 18.4 Å². The molecule has 0 spiro atoms. The molecule has 0 amide bonds. The molecule has 1 aliphatic carbocycles. The third-order valence-corrected chi connectivity index (χ3v) is 5.30. The van der Waals surface area contributed by atoms with Gasteiger partial charge in [-0.1, -0.05) is 13.2 Å². The van der Waals surface area contributed by atoms with Gasteiger partial charge in [-0.05, 0) is 32.4 Å². The number of epoxide rings is 1. The van der Waals surface area contributed by atoms with Crippen molar-refractivity contribution in [3.8, 4) is 0 Å². The number of carbonyl (C=O) groups excluding carboxylic acids is 2. The van der Waals surface area contributed by atoms with Crippen LogP contribution in [0.3, 0.4) is 0 Å². The Kier molecular flexibility index (Phi) is 4.37. The average molecular weight is 348 g/mol. The summed E-state index contributed by atoms with van der Waals surface area (Å²) in [5, 5.41) is 10.3. The van der Waals surface area contributed by atoms with Gasteiger partial charge in [0.1, 0.15) is 12.2 Å². The summed E-state index contributed by atoms with van der Waals surface area (Å²) in [4.78, 5) is 24.2. The Hall–Kier alpha value is -1.92. The summed E-state index contributed by atoms with van der Waals surface area (Å²) in [6.45, 7) is 12.7. The molecule has 0 bridgehead atoms. The van der Waals surface area contributed by atoms with Crippen LogP contribution in [0, 0.1) is 5.92 Å². The van der Waals surface area contributed by atoms with Gasteiger partial charge in [-0.3, -0.25) is 0 Å². The van der Waals surface area contributed by atoms with Crippen LogP contribution in [0.2, 0.25) is 0 Å². The van der Waals surface area contributed by atoms with E-state index in [9.17, 15) is 14.7 Å². The van der Waals surface area contributed by atoms with Crippen LogP contribution in [0.25, 0.3) is 0 Å². The number of rotatable bonds is 2. The molecule has 1 N–H and O–H groups in total. The minimum absolute atomic E-state index is 0.125. The number of esters is 2. The Labute approximate surface area is 147 Å². The maximum absolute atomic E-state index is 12.1. The minimum Gasteiger partial charge on any atom is -0.458 e. The Morgan fingerprint density at radius 1 is 1.48 bits per heavy atom. The monoisotopic (exact) mass is 348 g/mol. The van der Waals surface area contributed by atoms with Crippen LogP contribution in [0.1, 0.15) is 33.6 Å². The van der Waals surface area contributed by atoms with Crippen molar-refractivity contribution in [3.05, 3.63) is 36.0 Å². The number of hydrogen-bond acceptors (Lipinski definition) is 6. The first-order valence-electron chi connectivity index (χ1n) is 8.43. The second kappa shape index (κ2) is 6.11. The van der Waals surface area contributed by atoms with Gasteiger partial charge >= 0.3 is 11.9 Å². The highest BCUT2D eigenvalue weighted by atomic mass is 16.6. The standard InChI is InChI=1S/C19H24O6/c1-9(2)17(21)24-14-8-19(5)15(25-19)7-12(20)10(3)6-13-16(14)11(4)18(22)23-13/h6,12-16,20H,1,4,7-8H2,2-3,5H3/b10-6-. The van der Waals surface area contributed by atoms with Crippen LogP contribution in [0.5, 0.6) is 0 Å². The predicted octanol–water partition coefficient (Wildman–Crippen LogP) is 1.83. The highest BCUT2D eigenvalue weighted by molar-refractivity contribution is 5.91. The van der Waals surface area contributed by atoms with E-state index in [-0.39, 0.29) is 17.3 Å². The van der Waals surface area contributed by atoms with Gasteiger partial charge in [0.25, 0.3) is 0 Å². The van der Waals surface area contributed by atoms with Crippen molar-refractivity contribution in [1.82, 2.24) is 0 Å². The van der Waals surface area contributed by atoms with Crippen molar-refractivity contribution in [2.45, 2.75) is 63.6 Å².